The molecule has 0 amide bonds. The van der Waals surface area contributed by atoms with Crippen molar-refractivity contribution in [2.75, 3.05) is 11.9 Å². The molecule has 0 aliphatic carbocycles. The molecule has 0 saturated carbocycles. The Bertz CT molecular complexity index is 1810. The summed E-state index contributed by atoms with van der Waals surface area (Å²) in [6, 6.07) is 38.7. The Labute approximate surface area is 238 Å². The number of nitrogens with one attached hydrogen (secondary N) is 2. The standard InChI is InChI=1S/C35H30N2O4/c38-35(39)41-34-29(18-10-22-40-32-21-8-15-25-13-4-6-16-27(25)32)28-17-9-20-31(33(28)37-34)36-30-19-7-5-14-26(30)23-24-11-2-1-3-12-24/h1-9,11-17,19-21,36-37H,10,18,22-23H2,(H,38,39). The van der Waals surface area contributed by atoms with E-state index in [0.717, 1.165) is 56.3 Å². The Kier molecular flexibility index (Phi) is 7.54. The van der Waals surface area contributed by atoms with Crippen LogP contribution in [-0.4, -0.2) is 22.9 Å². The van der Waals surface area contributed by atoms with Gasteiger partial charge in [-0.3, -0.25) is 0 Å². The Morgan fingerprint density at radius 1 is 0.756 bits per heavy atom. The lowest BCUT2D eigenvalue weighted by Crippen LogP contribution is -2.06. The van der Waals surface area contributed by atoms with Crippen LogP contribution in [0.4, 0.5) is 16.2 Å². The van der Waals surface area contributed by atoms with Gasteiger partial charge in [0.1, 0.15) is 5.75 Å². The van der Waals surface area contributed by atoms with Crippen molar-refractivity contribution in [3.8, 4) is 11.6 Å². The maximum atomic E-state index is 11.5. The molecule has 6 nitrogen and oxygen atoms in total. The van der Waals surface area contributed by atoms with E-state index in [1.54, 1.807) is 0 Å². The van der Waals surface area contributed by atoms with E-state index in [0.29, 0.717) is 19.4 Å². The van der Waals surface area contributed by atoms with Crippen LogP contribution in [0.2, 0.25) is 0 Å². The molecule has 3 N–H and O–H groups in total. The summed E-state index contributed by atoms with van der Waals surface area (Å²) in [4.78, 5) is 14.8. The summed E-state index contributed by atoms with van der Waals surface area (Å²) >= 11 is 0. The van der Waals surface area contributed by atoms with Crippen LogP contribution in [0.5, 0.6) is 11.6 Å². The van der Waals surface area contributed by atoms with E-state index in [1.807, 2.05) is 72.8 Å². The second-order valence-corrected chi connectivity index (χ2v) is 9.90. The zero-order valence-electron chi connectivity index (χ0n) is 22.5. The van der Waals surface area contributed by atoms with Gasteiger partial charge in [-0.15, -0.1) is 0 Å². The van der Waals surface area contributed by atoms with E-state index < -0.39 is 6.16 Å². The number of aromatic nitrogens is 1. The number of anilines is 2. The number of hydrogen-bond donors (Lipinski definition) is 3. The molecule has 204 valence electrons. The minimum absolute atomic E-state index is 0.240. The first-order chi connectivity index (χ1) is 20.2. The third-order valence-electron chi connectivity index (χ3n) is 7.19. The van der Waals surface area contributed by atoms with Gasteiger partial charge in [-0.05, 0) is 54.0 Å². The molecule has 41 heavy (non-hydrogen) atoms. The molecule has 6 heteroatoms. The molecular formula is C35H30N2O4. The molecule has 0 radical (unpaired) electrons. The van der Waals surface area contributed by atoms with Gasteiger partial charge >= 0.3 is 6.16 Å². The maximum Gasteiger partial charge on any atom is 0.512 e. The molecule has 0 unspecified atom stereocenters. The van der Waals surface area contributed by atoms with Crippen LogP contribution in [-0.2, 0) is 12.8 Å². The Morgan fingerprint density at radius 3 is 2.34 bits per heavy atom. The van der Waals surface area contributed by atoms with Crippen LogP contribution < -0.4 is 14.8 Å². The molecule has 0 atom stereocenters. The van der Waals surface area contributed by atoms with Gasteiger partial charge in [0.15, 0.2) is 0 Å². The lowest BCUT2D eigenvalue weighted by atomic mass is 10.0. The van der Waals surface area contributed by atoms with Crippen molar-refractivity contribution < 1.29 is 19.4 Å². The number of aryl methyl sites for hydroxylation is 1. The Balaban J connectivity index is 1.24. The van der Waals surface area contributed by atoms with Crippen molar-refractivity contribution >= 4 is 39.2 Å². The van der Waals surface area contributed by atoms with Crippen molar-refractivity contribution in [2.24, 2.45) is 0 Å². The third kappa shape index (κ3) is 5.87. The van der Waals surface area contributed by atoms with E-state index in [2.05, 4.69) is 52.8 Å². The van der Waals surface area contributed by atoms with Gasteiger partial charge in [0, 0.05) is 22.0 Å². The number of benzene rings is 5. The molecule has 5 aromatic carbocycles. The molecule has 0 bridgehead atoms. The maximum absolute atomic E-state index is 11.5. The highest BCUT2D eigenvalue weighted by Crippen LogP contribution is 2.36. The number of para-hydroxylation sites is 2. The molecule has 1 heterocycles. The number of hydrogen-bond acceptors (Lipinski definition) is 4. The predicted molar refractivity (Wildman–Crippen MR) is 164 cm³/mol. The molecule has 1 aromatic heterocycles. The fourth-order valence-corrected chi connectivity index (χ4v) is 5.29. The second kappa shape index (κ2) is 11.9. The summed E-state index contributed by atoms with van der Waals surface area (Å²) in [6.07, 6.45) is 0.707. The summed E-state index contributed by atoms with van der Waals surface area (Å²) in [5, 5.41) is 16.1. The fourth-order valence-electron chi connectivity index (χ4n) is 5.29. The third-order valence-corrected chi connectivity index (χ3v) is 7.19. The number of carboxylic acid groups (broad SMARTS) is 1. The molecule has 6 aromatic rings. The van der Waals surface area contributed by atoms with Crippen LogP contribution in [0.15, 0.2) is 115 Å². The second-order valence-electron chi connectivity index (χ2n) is 9.90. The lowest BCUT2D eigenvalue weighted by Gasteiger charge is -2.13. The smallest absolute Gasteiger partial charge is 0.493 e. The van der Waals surface area contributed by atoms with E-state index in [4.69, 9.17) is 9.47 Å². The van der Waals surface area contributed by atoms with Gasteiger partial charge < -0.3 is 24.9 Å². The molecule has 0 spiro atoms. The van der Waals surface area contributed by atoms with Gasteiger partial charge in [-0.1, -0.05) is 97.1 Å². The first-order valence-corrected chi connectivity index (χ1v) is 13.7. The van der Waals surface area contributed by atoms with E-state index >= 15 is 0 Å². The van der Waals surface area contributed by atoms with Crippen LogP contribution in [0.25, 0.3) is 21.7 Å². The number of fused-ring (bicyclic) bond motifs is 2. The van der Waals surface area contributed by atoms with Gasteiger partial charge in [0.05, 0.1) is 17.8 Å². The summed E-state index contributed by atoms with van der Waals surface area (Å²) in [5.74, 6) is 1.08. The topological polar surface area (TPSA) is 83.6 Å². The number of aromatic amines is 1. The van der Waals surface area contributed by atoms with Crippen molar-refractivity contribution in [3.05, 3.63) is 132 Å². The number of H-pyrrole nitrogens is 1. The fraction of sp³-hybridized carbons (Fsp3) is 0.114. The molecule has 0 aliphatic rings. The highest BCUT2D eigenvalue weighted by atomic mass is 16.7. The van der Waals surface area contributed by atoms with E-state index in [9.17, 15) is 9.90 Å². The number of rotatable bonds is 10. The average Bonchev–Trinajstić information content (AvgIpc) is 3.34. The van der Waals surface area contributed by atoms with Crippen molar-refractivity contribution in [1.82, 2.24) is 4.98 Å². The van der Waals surface area contributed by atoms with E-state index in [1.165, 1.54) is 5.56 Å². The summed E-state index contributed by atoms with van der Waals surface area (Å²) in [5.41, 5.74) is 5.83. The highest BCUT2D eigenvalue weighted by molar-refractivity contribution is 5.97. The zero-order chi connectivity index (χ0) is 28.0. The number of carbonyl (C=O) groups is 1. The summed E-state index contributed by atoms with van der Waals surface area (Å²) < 4.78 is 11.3. The largest absolute Gasteiger partial charge is 0.512 e. The summed E-state index contributed by atoms with van der Waals surface area (Å²) in [6.45, 7) is 0.484. The van der Waals surface area contributed by atoms with Crippen molar-refractivity contribution in [1.29, 1.82) is 0 Å². The monoisotopic (exact) mass is 542 g/mol. The number of ether oxygens (including phenoxy) is 2. The molecular weight excluding hydrogens is 512 g/mol. The van der Waals surface area contributed by atoms with E-state index in [-0.39, 0.29) is 5.88 Å². The minimum atomic E-state index is -1.35. The highest BCUT2D eigenvalue weighted by Gasteiger charge is 2.18. The minimum Gasteiger partial charge on any atom is -0.493 e. The molecule has 0 fully saturated rings. The summed E-state index contributed by atoms with van der Waals surface area (Å²) in [7, 11) is 0. The van der Waals surface area contributed by atoms with Crippen LogP contribution >= 0.6 is 0 Å². The predicted octanol–water partition coefficient (Wildman–Crippen LogP) is 8.72. The molecule has 6 rings (SSSR count). The quantitative estimate of drug-likeness (QED) is 0.119. The van der Waals surface area contributed by atoms with Crippen LogP contribution in [0, 0.1) is 0 Å². The van der Waals surface area contributed by atoms with Gasteiger partial charge in [-0.25, -0.2) is 4.79 Å². The first kappa shape index (κ1) is 26.0. The molecule has 0 aliphatic heterocycles. The average molecular weight is 543 g/mol. The van der Waals surface area contributed by atoms with Gasteiger partial charge in [-0.2, -0.15) is 0 Å². The SMILES string of the molecule is O=C(O)Oc1[nH]c2c(Nc3ccccc3Cc3ccccc3)cccc2c1CCCOc1cccc2ccccc12. The Morgan fingerprint density at radius 2 is 1.46 bits per heavy atom. The van der Waals surface area contributed by atoms with Crippen LogP contribution in [0.1, 0.15) is 23.1 Å². The lowest BCUT2D eigenvalue weighted by molar-refractivity contribution is 0.142. The van der Waals surface area contributed by atoms with Gasteiger partial charge in [0.25, 0.3) is 0 Å². The van der Waals surface area contributed by atoms with Crippen molar-refractivity contribution in [2.45, 2.75) is 19.3 Å². The Hall–Kier alpha value is -5.23. The first-order valence-electron chi connectivity index (χ1n) is 13.7. The molecule has 0 saturated heterocycles. The van der Waals surface area contributed by atoms with Crippen LogP contribution in [0.3, 0.4) is 0 Å². The zero-order valence-corrected chi connectivity index (χ0v) is 22.5. The van der Waals surface area contributed by atoms with Crippen molar-refractivity contribution in [3.63, 3.8) is 0 Å². The van der Waals surface area contributed by atoms with Gasteiger partial charge in [0.2, 0.25) is 5.88 Å². The normalized spacial score (nSPS) is 11.0.